The lowest BCUT2D eigenvalue weighted by molar-refractivity contribution is 0.0915. The zero-order valence-electron chi connectivity index (χ0n) is 12.1. The second-order valence-corrected chi connectivity index (χ2v) is 5.02. The van der Waals surface area contributed by atoms with Gasteiger partial charge in [0.05, 0.1) is 6.10 Å². The quantitative estimate of drug-likeness (QED) is 0.908. The van der Waals surface area contributed by atoms with Crippen molar-refractivity contribution in [2.24, 2.45) is 0 Å². The first kappa shape index (κ1) is 15.2. The van der Waals surface area contributed by atoms with Crippen molar-refractivity contribution >= 4 is 5.91 Å². The van der Waals surface area contributed by atoms with E-state index in [-0.39, 0.29) is 18.3 Å². The van der Waals surface area contributed by atoms with Crippen LogP contribution in [0.1, 0.15) is 33.2 Å². The maximum Gasteiger partial charge on any atom is 0.251 e. The summed E-state index contributed by atoms with van der Waals surface area (Å²) in [5, 5.41) is 12.7. The molecule has 0 spiro atoms. The van der Waals surface area contributed by atoms with Gasteiger partial charge in [0.1, 0.15) is 5.82 Å². The minimum absolute atomic E-state index is 0.0812. The average molecular weight is 287 g/mol. The number of carbonyl (C=O) groups is 1. The van der Waals surface area contributed by atoms with Crippen LogP contribution in [0.4, 0.5) is 4.39 Å². The van der Waals surface area contributed by atoms with Crippen LogP contribution in [-0.4, -0.2) is 17.6 Å². The van der Waals surface area contributed by atoms with E-state index in [1.165, 1.54) is 24.3 Å². The SMILES string of the molecule is Cc1cccc(C(=O)NCC(O)c2ccc(F)cc2)c1C. The Morgan fingerprint density at radius 3 is 2.52 bits per heavy atom. The first-order valence-corrected chi connectivity index (χ1v) is 6.77. The maximum atomic E-state index is 12.8. The highest BCUT2D eigenvalue weighted by Crippen LogP contribution is 2.15. The summed E-state index contributed by atoms with van der Waals surface area (Å²) in [5.74, 6) is -0.581. The number of benzene rings is 2. The highest BCUT2D eigenvalue weighted by atomic mass is 19.1. The van der Waals surface area contributed by atoms with Crippen LogP contribution >= 0.6 is 0 Å². The summed E-state index contributed by atoms with van der Waals surface area (Å²) in [7, 11) is 0. The van der Waals surface area contributed by atoms with Crippen molar-refractivity contribution in [3.63, 3.8) is 0 Å². The van der Waals surface area contributed by atoms with Gasteiger partial charge in [-0.2, -0.15) is 0 Å². The molecule has 3 nitrogen and oxygen atoms in total. The van der Waals surface area contributed by atoms with E-state index in [0.29, 0.717) is 11.1 Å². The van der Waals surface area contributed by atoms with Crippen molar-refractivity contribution in [2.75, 3.05) is 6.54 Å². The van der Waals surface area contributed by atoms with Crippen LogP contribution in [0.2, 0.25) is 0 Å². The fourth-order valence-corrected chi connectivity index (χ4v) is 2.08. The Hall–Kier alpha value is -2.20. The molecule has 4 heteroatoms. The van der Waals surface area contributed by atoms with Gasteiger partial charge in [0.25, 0.3) is 5.91 Å². The van der Waals surface area contributed by atoms with E-state index >= 15 is 0 Å². The van der Waals surface area contributed by atoms with Crippen LogP contribution in [0.25, 0.3) is 0 Å². The van der Waals surface area contributed by atoms with Crippen molar-refractivity contribution in [3.05, 3.63) is 70.5 Å². The van der Waals surface area contributed by atoms with Crippen molar-refractivity contribution in [1.82, 2.24) is 5.32 Å². The number of hydrogen-bond donors (Lipinski definition) is 2. The number of rotatable bonds is 4. The summed E-state index contributed by atoms with van der Waals surface area (Å²) in [4.78, 5) is 12.1. The summed E-state index contributed by atoms with van der Waals surface area (Å²) in [6.45, 7) is 3.91. The molecular formula is C17H18FNO2. The van der Waals surface area contributed by atoms with E-state index < -0.39 is 6.10 Å². The summed E-state index contributed by atoms with van der Waals surface area (Å²) < 4.78 is 12.8. The second kappa shape index (κ2) is 6.50. The molecule has 0 heterocycles. The minimum Gasteiger partial charge on any atom is -0.387 e. The maximum absolute atomic E-state index is 12.8. The number of halogens is 1. The summed E-state index contributed by atoms with van der Waals surface area (Å²) in [6, 6.07) is 11.1. The number of aliphatic hydroxyl groups excluding tert-OH is 1. The lowest BCUT2D eigenvalue weighted by Gasteiger charge is -2.14. The standard InChI is InChI=1S/C17H18FNO2/c1-11-4-3-5-15(12(11)2)17(21)19-10-16(20)13-6-8-14(18)9-7-13/h3-9,16,20H,10H2,1-2H3,(H,19,21). The van der Waals surface area contributed by atoms with Crippen LogP contribution < -0.4 is 5.32 Å². The normalized spacial score (nSPS) is 12.0. The Morgan fingerprint density at radius 1 is 1.19 bits per heavy atom. The highest BCUT2D eigenvalue weighted by Gasteiger charge is 2.13. The first-order chi connectivity index (χ1) is 9.99. The Bertz CT molecular complexity index is 638. The smallest absolute Gasteiger partial charge is 0.251 e. The number of nitrogens with one attached hydrogen (secondary N) is 1. The van der Waals surface area contributed by atoms with E-state index in [4.69, 9.17) is 0 Å². The molecule has 2 N–H and O–H groups in total. The lowest BCUT2D eigenvalue weighted by atomic mass is 10.0. The molecule has 21 heavy (non-hydrogen) atoms. The van der Waals surface area contributed by atoms with Gasteiger partial charge in [-0.1, -0.05) is 24.3 Å². The third-order valence-electron chi connectivity index (χ3n) is 3.56. The fraction of sp³-hybridized carbons (Fsp3) is 0.235. The average Bonchev–Trinajstić information content (AvgIpc) is 2.48. The third kappa shape index (κ3) is 3.67. The Labute approximate surface area is 123 Å². The van der Waals surface area contributed by atoms with Crippen molar-refractivity contribution in [3.8, 4) is 0 Å². The second-order valence-electron chi connectivity index (χ2n) is 5.02. The minimum atomic E-state index is -0.861. The molecule has 110 valence electrons. The molecule has 1 unspecified atom stereocenters. The van der Waals surface area contributed by atoms with Gasteiger partial charge >= 0.3 is 0 Å². The molecule has 0 aliphatic carbocycles. The summed E-state index contributed by atoms with van der Waals surface area (Å²) in [6.07, 6.45) is -0.861. The largest absolute Gasteiger partial charge is 0.387 e. The predicted molar refractivity (Wildman–Crippen MR) is 79.6 cm³/mol. The van der Waals surface area contributed by atoms with Crippen molar-refractivity contribution < 1.29 is 14.3 Å². The zero-order valence-corrected chi connectivity index (χ0v) is 12.1. The lowest BCUT2D eigenvalue weighted by Crippen LogP contribution is -2.29. The van der Waals surface area contributed by atoms with E-state index in [2.05, 4.69) is 5.32 Å². The number of amides is 1. The van der Waals surface area contributed by atoms with E-state index in [9.17, 15) is 14.3 Å². The van der Waals surface area contributed by atoms with Gasteiger partial charge in [-0.3, -0.25) is 4.79 Å². The van der Waals surface area contributed by atoms with E-state index in [0.717, 1.165) is 11.1 Å². The van der Waals surface area contributed by atoms with Crippen LogP contribution in [0.5, 0.6) is 0 Å². The van der Waals surface area contributed by atoms with Gasteiger partial charge in [0, 0.05) is 12.1 Å². The first-order valence-electron chi connectivity index (χ1n) is 6.77. The van der Waals surface area contributed by atoms with Crippen LogP contribution in [0.3, 0.4) is 0 Å². The van der Waals surface area contributed by atoms with Crippen molar-refractivity contribution in [2.45, 2.75) is 20.0 Å². The van der Waals surface area contributed by atoms with Crippen LogP contribution in [0.15, 0.2) is 42.5 Å². The Morgan fingerprint density at radius 2 is 1.86 bits per heavy atom. The van der Waals surface area contributed by atoms with Gasteiger partial charge in [0.2, 0.25) is 0 Å². The molecule has 0 aliphatic heterocycles. The van der Waals surface area contributed by atoms with Gasteiger partial charge < -0.3 is 10.4 Å². The fourth-order valence-electron chi connectivity index (χ4n) is 2.08. The van der Waals surface area contributed by atoms with Gasteiger partial charge in [0.15, 0.2) is 0 Å². The molecule has 0 fully saturated rings. The molecule has 0 bridgehead atoms. The van der Waals surface area contributed by atoms with Crippen molar-refractivity contribution in [1.29, 1.82) is 0 Å². The van der Waals surface area contributed by atoms with Gasteiger partial charge in [-0.05, 0) is 48.7 Å². The molecule has 0 aromatic heterocycles. The van der Waals surface area contributed by atoms with Gasteiger partial charge in [-0.15, -0.1) is 0 Å². The highest BCUT2D eigenvalue weighted by molar-refractivity contribution is 5.95. The molecule has 1 amide bonds. The molecule has 1 atom stereocenters. The molecule has 2 aromatic rings. The molecular weight excluding hydrogens is 269 g/mol. The van der Waals surface area contributed by atoms with Crippen LogP contribution in [-0.2, 0) is 0 Å². The molecule has 2 aromatic carbocycles. The molecule has 0 saturated heterocycles. The number of aliphatic hydroxyl groups is 1. The predicted octanol–water partition coefficient (Wildman–Crippen LogP) is 2.91. The topological polar surface area (TPSA) is 49.3 Å². The Balaban J connectivity index is 2.00. The van der Waals surface area contributed by atoms with E-state index in [1.54, 1.807) is 6.07 Å². The van der Waals surface area contributed by atoms with E-state index in [1.807, 2.05) is 26.0 Å². The Kier molecular flexibility index (Phi) is 4.70. The molecule has 0 radical (unpaired) electrons. The van der Waals surface area contributed by atoms with Gasteiger partial charge in [-0.25, -0.2) is 4.39 Å². The number of carbonyl (C=O) groups excluding carboxylic acids is 1. The molecule has 0 saturated carbocycles. The number of aryl methyl sites for hydroxylation is 1. The molecule has 2 rings (SSSR count). The number of hydrogen-bond acceptors (Lipinski definition) is 2. The van der Waals surface area contributed by atoms with Crippen LogP contribution in [0, 0.1) is 19.7 Å². The summed E-state index contributed by atoms with van der Waals surface area (Å²) in [5.41, 5.74) is 3.13. The zero-order chi connectivity index (χ0) is 15.4. The monoisotopic (exact) mass is 287 g/mol. The molecule has 0 aliphatic rings. The third-order valence-corrected chi connectivity index (χ3v) is 3.56. The summed E-state index contributed by atoms with van der Waals surface area (Å²) >= 11 is 0.